The van der Waals surface area contributed by atoms with Crippen LogP contribution in [0.2, 0.25) is 0 Å². The van der Waals surface area contributed by atoms with E-state index in [2.05, 4.69) is 10.8 Å². The van der Waals surface area contributed by atoms with Crippen LogP contribution in [0.1, 0.15) is 11.1 Å². The fourth-order valence-electron chi connectivity index (χ4n) is 2.11. The number of ether oxygens (including phenoxy) is 2. The molecular formula is C19H22N2O6. The lowest BCUT2D eigenvalue weighted by atomic mass is 10.2. The molecule has 0 fully saturated rings. The molecule has 0 spiro atoms. The molecule has 3 N–H and O–H groups in total. The Hall–Kier alpha value is -3.10. The molecule has 0 unspecified atom stereocenters. The first-order valence-electron chi connectivity index (χ1n) is 8.26. The fraction of sp³-hybridized carbons (Fsp3) is 0.263. The van der Waals surface area contributed by atoms with Crippen molar-refractivity contribution in [2.75, 3.05) is 13.7 Å². The zero-order chi connectivity index (χ0) is 19.5. The number of hydroxylamine groups is 1. The van der Waals surface area contributed by atoms with Gasteiger partial charge in [0.25, 0.3) is 0 Å². The van der Waals surface area contributed by atoms with Gasteiger partial charge in [-0.3, -0.25) is 4.84 Å². The molecule has 0 bridgehead atoms. The van der Waals surface area contributed by atoms with E-state index in [-0.39, 0.29) is 19.8 Å². The summed E-state index contributed by atoms with van der Waals surface area (Å²) < 4.78 is 10.1. The van der Waals surface area contributed by atoms with Crippen LogP contribution in [0.3, 0.4) is 0 Å². The molecule has 0 radical (unpaired) electrons. The Morgan fingerprint density at radius 1 is 1.00 bits per heavy atom. The van der Waals surface area contributed by atoms with Gasteiger partial charge in [-0.15, -0.1) is 0 Å². The zero-order valence-corrected chi connectivity index (χ0v) is 14.9. The summed E-state index contributed by atoms with van der Waals surface area (Å²) in [6.07, 6.45) is -0.816. The van der Waals surface area contributed by atoms with Crippen molar-refractivity contribution in [1.82, 2.24) is 10.8 Å². The van der Waals surface area contributed by atoms with Crippen LogP contribution in [0.4, 0.5) is 4.79 Å². The van der Waals surface area contributed by atoms with Gasteiger partial charge in [0.05, 0.1) is 20.3 Å². The smallest absolute Gasteiger partial charge is 0.408 e. The zero-order valence-electron chi connectivity index (χ0n) is 14.9. The van der Waals surface area contributed by atoms with Crippen molar-refractivity contribution in [3.05, 3.63) is 65.7 Å². The Kier molecular flexibility index (Phi) is 8.08. The van der Waals surface area contributed by atoms with E-state index in [0.29, 0.717) is 0 Å². The summed E-state index contributed by atoms with van der Waals surface area (Å²) >= 11 is 0. The third kappa shape index (κ3) is 7.35. The first-order chi connectivity index (χ1) is 13.1. The first-order valence-corrected chi connectivity index (χ1v) is 8.26. The monoisotopic (exact) mass is 374 g/mol. The van der Waals surface area contributed by atoms with E-state index in [1.807, 2.05) is 30.3 Å². The van der Waals surface area contributed by atoms with Crippen LogP contribution in [-0.2, 0) is 27.6 Å². The first kappa shape index (κ1) is 20.2. The van der Waals surface area contributed by atoms with Gasteiger partial charge in [-0.1, -0.05) is 42.5 Å². The predicted octanol–water partition coefficient (Wildman–Crippen LogP) is 2.10. The van der Waals surface area contributed by atoms with Crippen molar-refractivity contribution >= 4 is 12.1 Å². The number of nitrogens with one attached hydrogen (secondary N) is 2. The summed E-state index contributed by atoms with van der Waals surface area (Å²) in [6.45, 7) is 0.168. The quantitative estimate of drug-likeness (QED) is 0.432. The van der Waals surface area contributed by atoms with Gasteiger partial charge in [0, 0.05) is 0 Å². The van der Waals surface area contributed by atoms with E-state index in [4.69, 9.17) is 14.3 Å². The van der Waals surface area contributed by atoms with E-state index in [1.54, 1.807) is 31.4 Å². The molecule has 2 aromatic carbocycles. The van der Waals surface area contributed by atoms with Gasteiger partial charge < -0.3 is 19.9 Å². The van der Waals surface area contributed by atoms with Crippen molar-refractivity contribution in [2.45, 2.75) is 19.3 Å². The second-order valence-electron chi connectivity index (χ2n) is 5.58. The van der Waals surface area contributed by atoms with Crippen LogP contribution in [0.25, 0.3) is 0 Å². The molecule has 0 aromatic heterocycles. The highest BCUT2D eigenvalue weighted by Crippen LogP contribution is 2.11. The molecule has 0 aliphatic heterocycles. The average molecular weight is 374 g/mol. The largest absolute Gasteiger partial charge is 0.497 e. The molecular weight excluding hydrogens is 352 g/mol. The van der Waals surface area contributed by atoms with Gasteiger partial charge in [0.2, 0.25) is 0 Å². The summed E-state index contributed by atoms with van der Waals surface area (Å²) in [4.78, 5) is 28.3. The van der Waals surface area contributed by atoms with E-state index >= 15 is 0 Å². The molecule has 27 heavy (non-hydrogen) atoms. The molecule has 1 atom stereocenters. The summed E-state index contributed by atoms with van der Waals surface area (Å²) in [6, 6.07) is 15.1. The lowest BCUT2D eigenvalue weighted by Gasteiger charge is -2.15. The SMILES string of the molecule is COc1ccc(CONC[C@H](NC(=O)OCc2ccccc2)C(=O)O)cc1. The third-order valence-electron chi connectivity index (χ3n) is 3.59. The second kappa shape index (κ2) is 10.8. The molecule has 0 heterocycles. The Morgan fingerprint density at radius 2 is 1.67 bits per heavy atom. The van der Waals surface area contributed by atoms with Crippen LogP contribution in [0, 0.1) is 0 Å². The lowest BCUT2D eigenvalue weighted by molar-refractivity contribution is -0.140. The number of rotatable bonds is 10. The van der Waals surface area contributed by atoms with Crippen LogP contribution in [0.15, 0.2) is 54.6 Å². The fourth-order valence-corrected chi connectivity index (χ4v) is 2.11. The van der Waals surface area contributed by atoms with Crippen LogP contribution >= 0.6 is 0 Å². The van der Waals surface area contributed by atoms with Crippen molar-refractivity contribution in [3.63, 3.8) is 0 Å². The molecule has 0 aliphatic rings. The molecule has 2 aromatic rings. The van der Waals surface area contributed by atoms with Crippen molar-refractivity contribution in [2.24, 2.45) is 0 Å². The topological polar surface area (TPSA) is 106 Å². The van der Waals surface area contributed by atoms with Gasteiger partial charge in [0.15, 0.2) is 0 Å². The molecule has 0 aliphatic carbocycles. The standard InChI is InChI=1S/C19H22N2O6/c1-25-16-9-7-15(8-10-16)13-27-20-11-17(18(22)23)21-19(24)26-12-14-5-3-2-4-6-14/h2-10,17,20H,11-13H2,1H3,(H,21,24)(H,22,23)/t17-/m0/s1. The highest BCUT2D eigenvalue weighted by Gasteiger charge is 2.20. The number of alkyl carbamates (subject to hydrolysis) is 1. The number of aliphatic carboxylic acids is 1. The highest BCUT2D eigenvalue weighted by molar-refractivity contribution is 5.80. The molecule has 2 rings (SSSR count). The van der Waals surface area contributed by atoms with Crippen molar-refractivity contribution in [1.29, 1.82) is 0 Å². The number of carbonyl (C=O) groups is 2. The highest BCUT2D eigenvalue weighted by atomic mass is 16.6. The summed E-state index contributed by atoms with van der Waals surface area (Å²) in [5.41, 5.74) is 4.23. The normalized spacial score (nSPS) is 11.4. The number of carbonyl (C=O) groups excluding carboxylic acids is 1. The number of methoxy groups -OCH3 is 1. The van der Waals surface area contributed by atoms with Crippen LogP contribution in [-0.4, -0.2) is 36.9 Å². The Bertz CT molecular complexity index is 721. The number of hydrogen-bond donors (Lipinski definition) is 3. The third-order valence-corrected chi connectivity index (χ3v) is 3.59. The Morgan fingerprint density at radius 3 is 2.30 bits per heavy atom. The number of amides is 1. The molecule has 0 saturated carbocycles. The van der Waals surface area contributed by atoms with Crippen molar-refractivity contribution in [3.8, 4) is 5.75 Å². The number of hydrogen-bond acceptors (Lipinski definition) is 6. The minimum Gasteiger partial charge on any atom is -0.497 e. The Balaban J connectivity index is 1.70. The summed E-state index contributed by atoms with van der Waals surface area (Å²) in [7, 11) is 1.58. The predicted molar refractivity (Wildman–Crippen MR) is 97.0 cm³/mol. The summed E-state index contributed by atoms with van der Waals surface area (Å²) in [5, 5.41) is 11.5. The number of benzene rings is 2. The van der Waals surface area contributed by atoms with E-state index in [1.165, 1.54) is 0 Å². The molecule has 8 heteroatoms. The van der Waals surface area contributed by atoms with Crippen LogP contribution < -0.4 is 15.5 Å². The average Bonchev–Trinajstić information content (AvgIpc) is 2.69. The Labute approximate surface area is 157 Å². The van der Waals surface area contributed by atoms with Crippen molar-refractivity contribution < 1.29 is 29.0 Å². The van der Waals surface area contributed by atoms with E-state index < -0.39 is 18.1 Å². The van der Waals surface area contributed by atoms with E-state index in [9.17, 15) is 14.7 Å². The number of carboxylic acid groups (broad SMARTS) is 1. The van der Waals surface area contributed by atoms with Gasteiger partial charge >= 0.3 is 12.1 Å². The maximum Gasteiger partial charge on any atom is 0.408 e. The molecule has 1 amide bonds. The second-order valence-corrected chi connectivity index (χ2v) is 5.58. The maximum absolute atomic E-state index is 11.8. The van der Waals surface area contributed by atoms with Gasteiger partial charge in [-0.2, -0.15) is 5.48 Å². The summed E-state index contributed by atoms with van der Waals surface area (Å²) in [5.74, 6) is -0.469. The molecule has 8 nitrogen and oxygen atoms in total. The minimum absolute atomic E-state index is 0.0560. The lowest BCUT2D eigenvalue weighted by Crippen LogP contribution is -2.47. The van der Waals surface area contributed by atoms with E-state index in [0.717, 1.165) is 16.9 Å². The molecule has 0 saturated heterocycles. The van der Waals surface area contributed by atoms with Crippen LogP contribution in [0.5, 0.6) is 5.75 Å². The van der Waals surface area contributed by atoms with Gasteiger partial charge in [-0.05, 0) is 23.3 Å². The maximum atomic E-state index is 11.8. The van der Waals surface area contributed by atoms with Gasteiger partial charge in [-0.25, -0.2) is 9.59 Å². The number of carboxylic acids is 1. The molecule has 144 valence electrons. The minimum atomic E-state index is -1.20. The van der Waals surface area contributed by atoms with Gasteiger partial charge in [0.1, 0.15) is 18.4 Å².